The second-order valence-electron chi connectivity index (χ2n) is 6.53. The summed E-state index contributed by atoms with van der Waals surface area (Å²) < 4.78 is 39.2. The second-order valence-corrected chi connectivity index (χ2v) is 6.53. The molecule has 0 aliphatic heterocycles. The van der Waals surface area contributed by atoms with Crippen LogP contribution in [0.2, 0.25) is 0 Å². The van der Waals surface area contributed by atoms with Crippen molar-refractivity contribution in [1.29, 1.82) is 5.26 Å². The lowest BCUT2D eigenvalue weighted by Gasteiger charge is -2.26. The molecule has 0 aliphatic rings. The molecule has 0 bridgehead atoms. The van der Waals surface area contributed by atoms with Crippen LogP contribution in [0.1, 0.15) is 49.2 Å². The molecular weight excluding hydrogens is 369 g/mol. The van der Waals surface area contributed by atoms with Gasteiger partial charge in [-0.25, -0.2) is 4.68 Å². The molecule has 2 rings (SSSR count). The highest BCUT2D eigenvalue weighted by Crippen LogP contribution is 2.28. The molecule has 0 aliphatic carbocycles. The number of nitrogens with zero attached hydrogens (tertiary/aromatic N) is 4. The Morgan fingerprint density at radius 1 is 1.21 bits per heavy atom. The number of nitriles is 1. The van der Waals surface area contributed by atoms with Crippen LogP contribution in [0.15, 0.2) is 36.5 Å². The summed E-state index contributed by atoms with van der Waals surface area (Å²) in [4.78, 5) is 14.5. The fraction of sp³-hybridized carbons (Fsp3) is 0.450. The molecule has 1 aromatic heterocycles. The van der Waals surface area contributed by atoms with Gasteiger partial charge in [-0.2, -0.15) is 23.5 Å². The molecule has 0 saturated carbocycles. The Morgan fingerprint density at radius 3 is 2.36 bits per heavy atom. The van der Waals surface area contributed by atoms with Gasteiger partial charge in [-0.15, -0.1) is 0 Å². The van der Waals surface area contributed by atoms with Gasteiger partial charge in [0.05, 0.1) is 18.2 Å². The fourth-order valence-corrected chi connectivity index (χ4v) is 2.88. The molecule has 1 amide bonds. The van der Waals surface area contributed by atoms with Gasteiger partial charge in [-0.3, -0.25) is 4.79 Å². The Balaban J connectivity index is 2.18. The molecular formula is C20H23F3N4O. The van der Waals surface area contributed by atoms with E-state index in [0.29, 0.717) is 30.3 Å². The number of aromatic nitrogens is 2. The first-order chi connectivity index (χ1) is 13.3. The molecule has 0 spiro atoms. The van der Waals surface area contributed by atoms with Crippen molar-refractivity contribution in [3.63, 3.8) is 0 Å². The summed E-state index contributed by atoms with van der Waals surface area (Å²) in [5.74, 6) is 0.164. The van der Waals surface area contributed by atoms with Crippen molar-refractivity contribution in [1.82, 2.24) is 14.7 Å². The molecule has 28 heavy (non-hydrogen) atoms. The summed E-state index contributed by atoms with van der Waals surface area (Å²) in [5.41, 5.74) is -0.119. The molecule has 1 aromatic carbocycles. The Labute approximate surface area is 162 Å². The highest BCUT2D eigenvalue weighted by atomic mass is 19.4. The first-order valence-electron chi connectivity index (χ1n) is 9.19. The van der Waals surface area contributed by atoms with Crippen LogP contribution in [0.4, 0.5) is 13.2 Å². The zero-order valence-corrected chi connectivity index (χ0v) is 15.9. The van der Waals surface area contributed by atoms with Gasteiger partial charge < -0.3 is 4.90 Å². The SMILES string of the molecule is CCC(CC)CN(CCC#N)C(=O)c1ccc(-n2ccc(C(F)(F)F)n2)cc1. The van der Waals surface area contributed by atoms with Crippen LogP contribution < -0.4 is 0 Å². The minimum Gasteiger partial charge on any atom is -0.337 e. The summed E-state index contributed by atoms with van der Waals surface area (Å²) in [6.07, 6.45) is -1.15. The van der Waals surface area contributed by atoms with E-state index >= 15 is 0 Å². The predicted molar refractivity (Wildman–Crippen MR) is 98.8 cm³/mol. The molecule has 5 nitrogen and oxygen atoms in total. The summed E-state index contributed by atoms with van der Waals surface area (Å²) in [7, 11) is 0. The number of alkyl halides is 3. The Bertz CT molecular complexity index is 817. The van der Waals surface area contributed by atoms with E-state index in [1.54, 1.807) is 29.2 Å². The van der Waals surface area contributed by atoms with Crippen LogP contribution in [-0.4, -0.2) is 33.7 Å². The van der Waals surface area contributed by atoms with E-state index in [1.165, 1.54) is 6.20 Å². The highest BCUT2D eigenvalue weighted by Gasteiger charge is 2.33. The van der Waals surface area contributed by atoms with Crippen molar-refractivity contribution in [3.05, 3.63) is 47.8 Å². The summed E-state index contributed by atoms with van der Waals surface area (Å²) in [5, 5.41) is 12.4. The van der Waals surface area contributed by atoms with E-state index in [9.17, 15) is 18.0 Å². The van der Waals surface area contributed by atoms with E-state index in [1.807, 2.05) is 0 Å². The van der Waals surface area contributed by atoms with Crippen LogP contribution in [0.25, 0.3) is 5.69 Å². The summed E-state index contributed by atoms with van der Waals surface area (Å²) in [6, 6.07) is 9.21. The number of hydrogen-bond acceptors (Lipinski definition) is 3. The molecule has 0 radical (unpaired) electrons. The van der Waals surface area contributed by atoms with Gasteiger partial charge in [0.15, 0.2) is 5.69 Å². The quantitative estimate of drug-likeness (QED) is 0.655. The molecule has 0 N–H and O–H groups in total. The standard InChI is InChI=1S/C20H23F3N4O/c1-3-15(4-2)14-26(12-5-11-24)19(28)16-6-8-17(9-7-16)27-13-10-18(25-27)20(21,22)23/h6-10,13,15H,3-5,12,14H2,1-2H3. The maximum absolute atomic E-state index is 12.8. The number of hydrogen-bond donors (Lipinski definition) is 0. The predicted octanol–water partition coefficient (Wildman–Crippen LogP) is 4.68. The molecule has 0 atom stereocenters. The summed E-state index contributed by atoms with van der Waals surface area (Å²) >= 11 is 0. The van der Waals surface area contributed by atoms with Gasteiger partial charge >= 0.3 is 6.18 Å². The van der Waals surface area contributed by atoms with Gasteiger partial charge in [0, 0.05) is 24.8 Å². The van der Waals surface area contributed by atoms with Crippen molar-refractivity contribution in [2.75, 3.05) is 13.1 Å². The Kier molecular flexibility index (Phi) is 7.21. The topological polar surface area (TPSA) is 61.9 Å². The average Bonchev–Trinajstić information content (AvgIpc) is 3.19. The third-order valence-electron chi connectivity index (χ3n) is 4.67. The van der Waals surface area contributed by atoms with Gasteiger partial charge in [-0.1, -0.05) is 26.7 Å². The second kappa shape index (κ2) is 9.40. The van der Waals surface area contributed by atoms with E-state index in [-0.39, 0.29) is 12.3 Å². The lowest BCUT2D eigenvalue weighted by atomic mass is 10.0. The number of carbonyl (C=O) groups is 1. The Hall–Kier alpha value is -2.82. The molecule has 2 aromatic rings. The third kappa shape index (κ3) is 5.35. The van der Waals surface area contributed by atoms with E-state index in [4.69, 9.17) is 5.26 Å². The van der Waals surface area contributed by atoms with Crippen molar-refractivity contribution in [2.24, 2.45) is 5.92 Å². The monoisotopic (exact) mass is 392 g/mol. The summed E-state index contributed by atoms with van der Waals surface area (Å²) in [6.45, 7) is 5.05. The maximum Gasteiger partial charge on any atom is 0.435 e. The lowest BCUT2D eigenvalue weighted by Crippen LogP contribution is -2.36. The maximum atomic E-state index is 12.8. The van der Waals surface area contributed by atoms with Crippen molar-refractivity contribution < 1.29 is 18.0 Å². The fourth-order valence-electron chi connectivity index (χ4n) is 2.88. The number of benzene rings is 1. The molecule has 8 heteroatoms. The largest absolute Gasteiger partial charge is 0.435 e. The van der Waals surface area contributed by atoms with E-state index in [0.717, 1.165) is 23.6 Å². The highest BCUT2D eigenvalue weighted by molar-refractivity contribution is 5.94. The van der Waals surface area contributed by atoms with Crippen LogP contribution in [0, 0.1) is 17.2 Å². The number of amides is 1. The average molecular weight is 392 g/mol. The van der Waals surface area contributed by atoms with Crippen molar-refractivity contribution >= 4 is 5.91 Å². The van der Waals surface area contributed by atoms with Gasteiger partial charge in [0.2, 0.25) is 0 Å². The van der Waals surface area contributed by atoms with Crippen molar-refractivity contribution in [2.45, 2.75) is 39.3 Å². The zero-order valence-electron chi connectivity index (χ0n) is 15.9. The van der Waals surface area contributed by atoms with Crippen LogP contribution in [-0.2, 0) is 6.18 Å². The third-order valence-corrected chi connectivity index (χ3v) is 4.67. The molecule has 0 unspecified atom stereocenters. The molecule has 150 valence electrons. The van der Waals surface area contributed by atoms with Crippen LogP contribution >= 0.6 is 0 Å². The number of carbonyl (C=O) groups excluding carboxylic acids is 1. The minimum atomic E-state index is -4.50. The minimum absolute atomic E-state index is 0.190. The van der Waals surface area contributed by atoms with Crippen molar-refractivity contribution in [3.8, 4) is 11.8 Å². The van der Waals surface area contributed by atoms with Crippen LogP contribution in [0.3, 0.4) is 0 Å². The first-order valence-corrected chi connectivity index (χ1v) is 9.19. The van der Waals surface area contributed by atoms with E-state index in [2.05, 4.69) is 25.0 Å². The zero-order chi connectivity index (χ0) is 20.7. The lowest BCUT2D eigenvalue weighted by molar-refractivity contribution is -0.141. The van der Waals surface area contributed by atoms with E-state index < -0.39 is 11.9 Å². The van der Waals surface area contributed by atoms with Gasteiger partial charge in [0.1, 0.15) is 0 Å². The first kappa shape index (κ1) is 21.5. The van der Waals surface area contributed by atoms with Gasteiger partial charge in [0.25, 0.3) is 5.91 Å². The Morgan fingerprint density at radius 2 is 1.86 bits per heavy atom. The van der Waals surface area contributed by atoms with Gasteiger partial charge in [-0.05, 0) is 36.2 Å². The molecule has 0 fully saturated rings. The number of halogens is 3. The molecule has 1 heterocycles. The smallest absolute Gasteiger partial charge is 0.337 e. The van der Waals surface area contributed by atoms with Crippen LogP contribution in [0.5, 0.6) is 0 Å². The normalized spacial score (nSPS) is 11.5. The number of rotatable bonds is 8. The molecule has 0 saturated heterocycles.